The van der Waals surface area contributed by atoms with Gasteiger partial charge in [0.05, 0.1) is 0 Å². The van der Waals surface area contributed by atoms with Gasteiger partial charge in [-0.05, 0) is 52.0 Å². The zero-order chi connectivity index (χ0) is 18.3. The van der Waals surface area contributed by atoms with Gasteiger partial charge in [0, 0.05) is 10.5 Å². The summed E-state index contributed by atoms with van der Waals surface area (Å²) >= 11 is 3.30. The Labute approximate surface area is 149 Å². The molecule has 7 nitrogen and oxygen atoms in total. The highest BCUT2D eigenvalue weighted by Crippen LogP contribution is 2.17. The van der Waals surface area contributed by atoms with Gasteiger partial charge in [-0.1, -0.05) is 15.9 Å². The van der Waals surface area contributed by atoms with E-state index in [1.807, 2.05) is 0 Å². The number of hydrogen-bond acceptors (Lipinski definition) is 5. The van der Waals surface area contributed by atoms with Crippen molar-refractivity contribution in [1.29, 1.82) is 0 Å². The molecule has 2 atom stereocenters. The van der Waals surface area contributed by atoms with Crippen LogP contribution in [0.25, 0.3) is 0 Å². The molecular formula is C16H21BrN2O5. The summed E-state index contributed by atoms with van der Waals surface area (Å²) in [6, 6.07) is 6.18. The van der Waals surface area contributed by atoms with Gasteiger partial charge in [-0.25, -0.2) is 9.59 Å². The fourth-order valence-electron chi connectivity index (χ4n) is 1.60. The van der Waals surface area contributed by atoms with Crippen molar-refractivity contribution in [3.8, 4) is 5.75 Å². The number of carbonyl (C=O) groups excluding carboxylic acids is 3. The lowest BCUT2D eigenvalue weighted by Gasteiger charge is -2.18. The van der Waals surface area contributed by atoms with Crippen LogP contribution < -0.4 is 15.4 Å². The van der Waals surface area contributed by atoms with Crippen LogP contribution in [-0.4, -0.2) is 36.2 Å². The van der Waals surface area contributed by atoms with Crippen LogP contribution in [0, 0.1) is 0 Å². The zero-order valence-electron chi connectivity index (χ0n) is 14.0. The van der Waals surface area contributed by atoms with E-state index in [1.54, 1.807) is 38.1 Å². The molecule has 0 saturated heterocycles. The highest BCUT2D eigenvalue weighted by Gasteiger charge is 2.24. The summed E-state index contributed by atoms with van der Waals surface area (Å²) in [7, 11) is 0. The van der Waals surface area contributed by atoms with Crippen molar-refractivity contribution in [2.45, 2.75) is 45.9 Å². The number of esters is 1. The molecule has 1 aromatic carbocycles. The van der Waals surface area contributed by atoms with Crippen LogP contribution in [0.5, 0.6) is 5.75 Å². The standard InChI is InChI=1S/C16H21BrN2O5/c1-9(2)18-16(22)19-14(20)10(3)24-15(21)11(4)23-13-7-5-12(17)6-8-13/h5-11H,1-4H3,(H2,18,19,20,22)/t10-,11+/m1/s1. The molecule has 0 saturated carbocycles. The lowest BCUT2D eigenvalue weighted by Crippen LogP contribution is -2.47. The van der Waals surface area contributed by atoms with Crippen LogP contribution in [0.1, 0.15) is 27.7 Å². The molecular weight excluding hydrogens is 380 g/mol. The van der Waals surface area contributed by atoms with Crippen molar-refractivity contribution in [2.75, 3.05) is 0 Å². The molecule has 0 aliphatic rings. The molecule has 132 valence electrons. The first-order valence-corrected chi connectivity index (χ1v) is 8.22. The highest BCUT2D eigenvalue weighted by molar-refractivity contribution is 9.10. The van der Waals surface area contributed by atoms with Crippen molar-refractivity contribution < 1.29 is 23.9 Å². The van der Waals surface area contributed by atoms with Crippen LogP contribution in [0.15, 0.2) is 28.7 Å². The number of amides is 3. The Morgan fingerprint density at radius 3 is 2.12 bits per heavy atom. The van der Waals surface area contributed by atoms with E-state index >= 15 is 0 Å². The molecule has 0 radical (unpaired) electrons. The van der Waals surface area contributed by atoms with Gasteiger partial charge in [-0.2, -0.15) is 0 Å². The highest BCUT2D eigenvalue weighted by atomic mass is 79.9. The molecule has 0 bridgehead atoms. The number of halogens is 1. The molecule has 0 fully saturated rings. The second kappa shape index (κ2) is 9.27. The number of rotatable bonds is 6. The van der Waals surface area contributed by atoms with E-state index < -0.39 is 30.1 Å². The molecule has 0 aliphatic heterocycles. The molecule has 0 spiro atoms. The molecule has 8 heteroatoms. The number of hydrogen-bond donors (Lipinski definition) is 2. The third-order valence-corrected chi connectivity index (χ3v) is 3.31. The normalized spacial score (nSPS) is 12.9. The first kappa shape index (κ1) is 20.0. The summed E-state index contributed by atoms with van der Waals surface area (Å²) in [5, 5.41) is 4.60. The van der Waals surface area contributed by atoms with E-state index in [-0.39, 0.29) is 6.04 Å². The maximum absolute atomic E-state index is 12.0. The molecule has 24 heavy (non-hydrogen) atoms. The van der Waals surface area contributed by atoms with Gasteiger partial charge < -0.3 is 14.8 Å². The van der Waals surface area contributed by atoms with E-state index in [1.165, 1.54) is 13.8 Å². The van der Waals surface area contributed by atoms with Gasteiger partial charge in [-0.3, -0.25) is 10.1 Å². The molecule has 3 amide bonds. The summed E-state index contributed by atoms with van der Waals surface area (Å²) < 4.78 is 11.3. The van der Waals surface area contributed by atoms with Crippen LogP contribution in [-0.2, 0) is 14.3 Å². The van der Waals surface area contributed by atoms with Crippen LogP contribution >= 0.6 is 15.9 Å². The van der Waals surface area contributed by atoms with E-state index in [0.29, 0.717) is 5.75 Å². The number of imide groups is 1. The second-order valence-electron chi connectivity index (χ2n) is 5.41. The molecule has 0 heterocycles. The van der Waals surface area contributed by atoms with Crippen molar-refractivity contribution in [3.05, 3.63) is 28.7 Å². The molecule has 1 aromatic rings. The molecule has 2 N–H and O–H groups in total. The zero-order valence-corrected chi connectivity index (χ0v) is 15.5. The van der Waals surface area contributed by atoms with Crippen molar-refractivity contribution in [3.63, 3.8) is 0 Å². The maximum Gasteiger partial charge on any atom is 0.347 e. The Bertz CT molecular complexity index is 589. The fraction of sp³-hybridized carbons (Fsp3) is 0.438. The lowest BCUT2D eigenvalue weighted by atomic mass is 10.3. The second-order valence-corrected chi connectivity index (χ2v) is 6.33. The third kappa shape index (κ3) is 6.99. The number of benzene rings is 1. The minimum Gasteiger partial charge on any atom is -0.479 e. The monoisotopic (exact) mass is 400 g/mol. The van der Waals surface area contributed by atoms with Crippen LogP contribution in [0.4, 0.5) is 4.79 Å². The van der Waals surface area contributed by atoms with Crippen molar-refractivity contribution >= 4 is 33.8 Å². The third-order valence-electron chi connectivity index (χ3n) is 2.78. The maximum atomic E-state index is 12.0. The molecule has 1 rings (SSSR count). The fourth-order valence-corrected chi connectivity index (χ4v) is 1.87. The average molecular weight is 401 g/mol. The van der Waals surface area contributed by atoms with Gasteiger partial charge in [0.2, 0.25) is 0 Å². The number of urea groups is 1. The molecule has 0 aliphatic carbocycles. The molecule has 0 unspecified atom stereocenters. The first-order chi connectivity index (χ1) is 11.2. The molecule has 0 aromatic heterocycles. The van der Waals surface area contributed by atoms with Crippen LogP contribution in [0.3, 0.4) is 0 Å². The van der Waals surface area contributed by atoms with E-state index in [4.69, 9.17) is 9.47 Å². The Hall–Kier alpha value is -2.09. The van der Waals surface area contributed by atoms with E-state index in [2.05, 4.69) is 26.6 Å². The van der Waals surface area contributed by atoms with Gasteiger partial charge in [0.1, 0.15) is 5.75 Å². The lowest BCUT2D eigenvalue weighted by molar-refractivity contribution is -0.160. The predicted molar refractivity (Wildman–Crippen MR) is 91.6 cm³/mol. The Morgan fingerprint density at radius 2 is 1.58 bits per heavy atom. The smallest absolute Gasteiger partial charge is 0.347 e. The summed E-state index contributed by atoms with van der Waals surface area (Å²) in [6.45, 7) is 6.41. The van der Waals surface area contributed by atoms with Crippen molar-refractivity contribution in [2.24, 2.45) is 0 Å². The largest absolute Gasteiger partial charge is 0.479 e. The Morgan fingerprint density at radius 1 is 1.00 bits per heavy atom. The first-order valence-electron chi connectivity index (χ1n) is 7.43. The Balaban J connectivity index is 2.48. The summed E-state index contributed by atoms with van der Waals surface area (Å²) in [5.41, 5.74) is 0. The number of nitrogens with one attached hydrogen (secondary N) is 2. The quantitative estimate of drug-likeness (QED) is 0.714. The van der Waals surface area contributed by atoms with Gasteiger partial charge in [0.25, 0.3) is 5.91 Å². The summed E-state index contributed by atoms with van der Waals surface area (Å²) in [4.78, 5) is 35.2. The van der Waals surface area contributed by atoms with Gasteiger partial charge in [0.15, 0.2) is 12.2 Å². The van der Waals surface area contributed by atoms with E-state index in [9.17, 15) is 14.4 Å². The minimum atomic E-state index is -1.12. The summed E-state index contributed by atoms with van der Waals surface area (Å²) in [6.07, 6.45) is -2.02. The Kier molecular flexibility index (Phi) is 7.70. The van der Waals surface area contributed by atoms with E-state index in [0.717, 1.165) is 4.47 Å². The van der Waals surface area contributed by atoms with Gasteiger partial charge >= 0.3 is 12.0 Å². The number of carbonyl (C=O) groups is 3. The topological polar surface area (TPSA) is 93.7 Å². The minimum absolute atomic E-state index is 0.116. The van der Waals surface area contributed by atoms with Crippen molar-refractivity contribution in [1.82, 2.24) is 10.6 Å². The van der Waals surface area contributed by atoms with Crippen LogP contribution in [0.2, 0.25) is 0 Å². The number of ether oxygens (including phenoxy) is 2. The summed E-state index contributed by atoms with van der Waals surface area (Å²) in [5.74, 6) is -0.918. The predicted octanol–water partition coefficient (Wildman–Crippen LogP) is 2.38. The van der Waals surface area contributed by atoms with Gasteiger partial charge in [-0.15, -0.1) is 0 Å². The average Bonchev–Trinajstić information content (AvgIpc) is 2.48. The SMILES string of the molecule is CC(C)NC(=O)NC(=O)[C@@H](C)OC(=O)[C@H](C)Oc1ccc(Br)cc1.